The Morgan fingerprint density at radius 1 is 1.42 bits per heavy atom. The summed E-state index contributed by atoms with van der Waals surface area (Å²) in [6, 6.07) is 0.0956. The molecule has 0 aromatic rings. The van der Waals surface area contributed by atoms with Crippen LogP contribution in [0.25, 0.3) is 0 Å². The third-order valence-electron chi connectivity index (χ3n) is 2.65. The molecule has 0 radical (unpaired) electrons. The van der Waals surface area contributed by atoms with Gasteiger partial charge in [-0.2, -0.15) is 0 Å². The molecule has 0 fully saturated rings. The molecule has 0 aromatic heterocycles. The van der Waals surface area contributed by atoms with E-state index >= 15 is 0 Å². The summed E-state index contributed by atoms with van der Waals surface area (Å²) >= 11 is 0. The normalized spacial score (nSPS) is 13.0. The Bertz CT molecular complexity index is 279. The Balaban J connectivity index is 4.16. The monoisotopic (exact) mass is 273 g/mol. The van der Waals surface area contributed by atoms with E-state index in [-0.39, 0.29) is 11.9 Å². The summed E-state index contributed by atoms with van der Waals surface area (Å²) in [4.78, 5) is 17.8. The molecule has 7 nitrogen and oxygen atoms in total. The van der Waals surface area contributed by atoms with Gasteiger partial charge in [-0.15, -0.1) is 0 Å². The molecule has 0 aliphatic heterocycles. The fourth-order valence-electron chi connectivity index (χ4n) is 1.66. The molecule has 0 aliphatic rings. The van der Waals surface area contributed by atoms with Gasteiger partial charge in [-0.1, -0.05) is 0 Å². The van der Waals surface area contributed by atoms with Gasteiger partial charge in [-0.05, 0) is 20.8 Å². The molecule has 0 aliphatic carbocycles. The van der Waals surface area contributed by atoms with Gasteiger partial charge in [0.2, 0.25) is 11.9 Å². The minimum absolute atomic E-state index is 0.0956. The van der Waals surface area contributed by atoms with E-state index in [0.29, 0.717) is 25.5 Å². The topological polar surface area (TPSA) is 92.0 Å². The van der Waals surface area contributed by atoms with Crippen LogP contribution in [0.5, 0.6) is 0 Å². The summed E-state index contributed by atoms with van der Waals surface area (Å²) in [5.41, 5.74) is 2.48. The van der Waals surface area contributed by atoms with Crippen molar-refractivity contribution in [2.45, 2.75) is 33.2 Å². The number of carbonyl (C=O) groups excluding carboxylic acids is 1. The van der Waals surface area contributed by atoms with Gasteiger partial charge < -0.3 is 15.0 Å². The third-order valence-corrected chi connectivity index (χ3v) is 2.65. The molecule has 112 valence electrons. The number of methoxy groups -OCH3 is 1. The molecule has 0 spiro atoms. The second kappa shape index (κ2) is 10.6. The predicted molar refractivity (Wildman–Crippen MR) is 76.6 cm³/mol. The number of hydrazine groups is 1. The smallest absolute Gasteiger partial charge is 0.224 e. The van der Waals surface area contributed by atoms with Gasteiger partial charge >= 0.3 is 0 Å². The first-order valence-corrected chi connectivity index (χ1v) is 6.63. The number of nitrogens with zero attached hydrogens (tertiary/aromatic N) is 2. The van der Waals surface area contributed by atoms with Gasteiger partial charge in [0.1, 0.15) is 0 Å². The number of nitrogens with one attached hydrogen (secondary N) is 2. The molecule has 0 saturated heterocycles. The molecule has 19 heavy (non-hydrogen) atoms. The van der Waals surface area contributed by atoms with Crippen molar-refractivity contribution in [2.24, 2.45) is 10.8 Å². The lowest BCUT2D eigenvalue weighted by atomic mass is 10.3. The molecular formula is C12H27N5O2. The van der Waals surface area contributed by atoms with Crippen molar-refractivity contribution in [1.82, 2.24) is 15.6 Å². The van der Waals surface area contributed by atoms with Crippen molar-refractivity contribution in [3.8, 4) is 0 Å². The van der Waals surface area contributed by atoms with E-state index in [0.717, 1.165) is 13.1 Å². The molecule has 7 heteroatoms. The highest BCUT2D eigenvalue weighted by Crippen LogP contribution is 1.94. The second-order valence-electron chi connectivity index (χ2n) is 4.19. The highest BCUT2D eigenvalue weighted by atomic mass is 16.5. The molecule has 4 N–H and O–H groups in total. The van der Waals surface area contributed by atoms with E-state index in [9.17, 15) is 4.79 Å². The highest BCUT2D eigenvalue weighted by molar-refractivity contribution is 5.80. The van der Waals surface area contributed by atoms with E-state index in [1.807, 2.05) is 20.8 Å². The summed E-state index contributed by atoms with van der Waals surface area (Å²) < 4.78 is 5.01. The molecule has 0 aromatic carbocycles. The van der Waals surface area contributed by atoms with E-state index in [4.69, 9.17) is 10.6 Å². The zero-order valence-corrected chi connectivity index (χ0v) is 12.4. The highest BCUT2D eigenvalue weighted by Gasteiger charge is 2.09. The summed E-state index contributed by atoms with van der Waals surface area (Å²) in [5.74, 6) is 5.94. The average Bonchev–Trinajstić information content (AvgIpc) is 2.39. The zero-order valence-electron chi connectivity index (χ0n) is 12.4. The Morgan fingerprint density at radius 2 is 2.05 bits per heavy atom. The first-order chi connectivity index (χ1) is 9.08. The maximum Gasteiger partial charge on any atom is 0.224 e. The zero-order chi connectivity index (χ0) is 14.7. The van der Waals surface area contributed by atoms with Crippen LogP contribution in [0, 0.1) is 0 Å². The van der Waals surface area contributed by atoms with Crippen molar-refractivity contribution in [1.29, 1.82) is 0 Å². The third kappa shape index (κ3) is 7.63. The minimum atomic E-state index is 0.0956. The van der Waals surface area contributed by atoms with Crippen LogP contribution in [0.3, 0.4) is 0 Å². The molecule has 0 saturated carbocycles. The number of hydrogen-bond acceptors (Lipinski definition) is 4. The van der Waals surface area contributed by atoms with Crippen LogP contribution >= 0.6 is 0 Å². The fraction of sp³-hybridized carbons (Fsp3) is 0.833. The van der Waals surface area contributed by atoms with Crippen LogP contribution in [0.15, 0.2) is 4.99 Å². The number of nitrogens with two attached hydrogens (primary N) is 1. The SMILES string of the molecule is CCN(CC)C(=O)CCN=C(NN)NC(C)COC. The molecule has 1 unspecified atom stereocenters. The van der Waals surface area contributed by atoms with Gasteiger partial charge in [0.15, 0.2) is 0 Å². The fourth-order valence-corrected chi connectivity index (χ4v) is 1.66. The standard InChI is InChI=1S/C12H27N5O2/c1-5-17(6-2)11(18)7-8-14-12(16-13)15-10(3)9-19-4/h10H,5-9,13H2,1-4H3,(H2,14,15,16). The van der Waals surface area contributed by atoms with E-state index in [1.165, 1.54) is 0 Å². The van der Waals surface area contributed by atoms with Crippen molar-refractivity contribution >= 4 is 11.9 Å². The van der Waals surface area contributed by atoms with Gasteiger partial charge in [0, 0.05) is 32.7 Å². The van der Waals surface area contributed by atoms with Crippen LogP contribution in [-0.2, 0) is 9.53 Å². The van der Waals surface area contributed by atoms with Crippen LogP contribution in [0.4, 0.5) is 0 Å². The predicted octanol–water partition coefficient (Wildman–Crippen LogP) is -0.311. The minimum Gasteiger partial charge on any atom is -0.383 e. The van der Waals surface area contributed by atoms with Gasteiger partial charge in [-0.3, -0.25) is 15.2 Å². The van der Waals surface area contributed by atoms with Crippen LogP contribution in [-0.4, -0.2) is 56.2 Å². The quantitative estimate of drug-likeness (QED) is 0.244. The Hall–Kier alpha value is -1.34. The van der Waals surface area contributed by atoms with Gasteiger partial charge in [-0.25, -0.2) is 5.84 Å². The largest absolute Gasteiger partial charge is 0.383 e. The summed E-state index contributed by atoms with van der Waals surface area (Å²) in [6.45, 7) is 8.30. The number of guanidine groups is 1. The lowest BCUT2D eigenvalue weighted by Gasteiger charge is -2.18. The molecule has 0 heterocycles. The Labute approximate surface area is 115 Å². The van der Waals surface area contributed by atoms with Crippen LogP contribution in [0.1, 0.15) is 27.2 Å². The number of carbonyl (C=O) groups is 1. The summed E-state index contributed by atoms with van der Waals surface area (Å²) in [6.07, 6.45) is 0.382. The summed E-state index contributed by atoms with van der Waals surface area (Å²) in [5, 5.41) is 3.06. The van der Waals surface area contributed by atoms with E-state index in [1.54, 1.807) is 12.0 Å². The van der Waals surface area contributed by atoms with Crippen molar-refractivity contribution in [3.05, 3.63) is 0 Å². The molecule has 1 atom stereocenters. The maximum absolute atomic E-state index is 11.8. The van der Waals surface area contributed by atoms with Gasteiger partial charge in [0.25, 0.3) is 0 Å². The van der Waals surface area contributed by atoms with Crippen LogP contribution < -0.4 is 16.6 Å². The Kier molecular flexibility index (Phi) is 9.82. The van der Waals surface area contributed by atoms with Crippen LogP contribution in [0.2, 0.25) is 0 Å². The summed E-state index contributed by atoms with van der Waals surface area (Å²) in [7, 11) is 1.63. The maximum atomic E-state index is 11.8. The van der Waals surface area contributed by atoms with Gasteiger partial charge in [0.05, 0.1) is 13.2 Å². The lowest BCUT2D eigenvalue weighted by molar-refractivity contribution is -0.130. The second-order valence-corrected chi connectivity index (χ2v) is 4.19. The number of amides is 1. The lowest BCUT2D eigenvalue weighted by Crippen LogP contribution is -2.47. The number of rotatable bonds is 8. The molecular weight excluding hydrogens is 246 g/mol. The van der Waals surface area contributed by atoms with E-state index < -0.39 is 0 Å². The van der Waals surface area contributed by atoms with Crippen molar-refractivity contribution < 1.29 is 9.53 Å². The number of aliphatic imine (C=N–C) groups is 1. The first-order valence-electron chi connectivity index (χ1n) is 6.63. The molecule has 1 amide bonds. The number of hydrogen-bond donors (Lipinski definition) is 3. The molecule has 0 rings (SSSR count). The molecule has 0 bridgehead atoms. The number of ether oxygens (including phenoxy) is 1. The van der Waals surface area contributed by atoms with E-state index in [2.05, 4.69) is 15.7 Å². The van der Waals surface area contributed by atoms with Crippen molar-refractivity contribution in [2.75, 3.05) is 33.4 Å². The van der Waals surface area contributed by atoms with Crippen molar-refractivity contribution in [3.63, 3.8) is 0 Å². The Morgan fingerprint density at radius 3 is 2.53 bits per heavy atom. The first kappa shape index (κ1) is 17.7. The average molecular weight is 273 g/mol.